The average molecular weight is 196 g/mol. The molecule has 2 fully saturated rings. The van der Waals surface area contributed by atoms with Crippen molar-refractivity contribution in [2.24, 2.45) is 5.73 Å². The molecule has 14 heavy (non-hydrogen) atoms. The van der Waals surface area contributed by atoms with Crippen LogP contribution in [0, 0.1) is 0 Å². The van der Waals surface area contributed by atoms with E-state index in [0.29, 0.717) is 5.54 Å². The summed E-state index contributed by atoms with van der Waals surface area (Å²) >= 11 is 0. The van der Waals surface area contributed by atoms with Gasteiger partial charge in [0.2, 0.25) is 0 Å². The van der Waals surface area contributed by atoms with E-state index in [-0.39, 0.29) is 0 Å². The second kappa shape index (κ2) is 4.63. The molecule has 2 nitrogen and oxygen atoms in total. The first-order chi connectivity index (χ1) is 6.85. The molecule has 0 saturated heterocycles. The molecule has 0 aromatic heterocycles. The van der Waals surface area contributed by atoms with Crippen molar-refractivity contribution < 1.29 is 0 Å². The van der Waals surface area contributed by atoms with Gasteiger partial charge in [0.25, 0.3) is 0 Å². The molecule has 82 valence electrons. The molecule has 0 aromatic carbocycles. The standard InChI is InChI=1S/C12H24N2/c13-10-12(8-5-9-12)14-11-6-3-1-2-4-7-11/h11,14H,1-10,13H2. The average Bonchev–Trinajstić information content (AvgIpc) is 2.39. The largest absolute Gasteiger partial charge is 0.329 e. The van der Waals surface area contributed by atoms with Gasteiger partial charge in [0.1, 0.15) is 0 Å². The van der Waals surface area contributed by atoms with Crippen LogP contribution in [0.4, 0.5) is 0 Å². The van der Waals surface area contributed by atoms with Gasteiger partial charge in [-0.15, -0.1) is 0 Å². The lowest BCUT2D eigenvalue weighted by Crippen LogP contribution is -2.59. The number of hydrogen-bond acceptors (Lipinski definition) is 2. The Morgan fingerprint density at radius 2 is 1.64 bits per heavy atom. The quantitative estimate of drug-likeness (QED) is 0.679. The van der Waals surface area contributed by atoms with E-state index >= 15 is 0 Å². The summed E-state index contributed by atoms with van der Waals surface area (Å²) in [7, 11) is 0. The van der Waals surface area contributed by atoms with E-state index in [2.05, 4.69) is 5.32 Å². The van der Waals surface area contributed by atoms with Gasteiger partial charge in [-0.25, -0.2) is 0 Å². The zero-order chi connectivity index (χ0) is 9.86. The molecule has 2 aliphatic rings. The first kappa shape index (κ1) is 10.4. The third-order valence-corrected chi connectivity index (χ3v) is 4.07. The first-order valence-electron chi connectivity index (χ1n) is 6.32. The maximum atomic E-state index is 5.86. The highest BCUT2D eigenvalue weighted by Crippen LogP contribution is 2.32. The number of hydrogen-bond donors (Lipinski definition) is 2. The number of nitrogens with one attached hydrogen (secondary N) is 1. The molecule has 0 amide bonds. The van der Waals surface area contributed by atoms with Crippen LogP contribution in [-0.2, 0) is 0 Å². The van der Waals surface area contributed by atoms with Crippen LogP contribution in [-0.4, -0.2) is 18.1 Å². The Labute approximate surface area is 87.6 Å². The fourth-order valence-corrected chi connectivity index (χ4v) is 2.87. The summed E-state index contributed by atoms with van der Waals surface area (Å²) in [5, 5.41) is 3.83. The molecule has 0 radical (unpaired) electrons. The SMILES string of the molecule is NCC1(NC2CCCCCC2)CCC1. The van der Waals surface area contributed by atoms with Crippen molar-refractivity contribution in [3.05, 3.63) is 0 Å². The van der Waals surface area contributed by atoms with Gasteiger partial charge in [0.15, 0.2) is 0 Å². The third-order valence-electron chi connectivity index (χ3n) is 4.07. The number of nitrogens with two attached hydrogens (primary N) is 1. The molecule has 2 saturated carbocycles. The van der Waals surface area contributed by atoms with Crippen LogP contribution in [0.25, 0.3) is 0 Å². The van der Waals surface area contributed by atoms with Crippen molar-refractivity contribution >= 4 is 0 Å². The zero-order valence-corrected chi connectivity index (χ0v) is 9.23. The van der Waals surface area contributed by atoms with Crippen molar-refractivity contribution in [3.63, 3.8) is 0 Å². The Morgan fingerprint density at radius 3 is 2.07 bits per heavy atom. The van der Waals surface area contributed by atoms with Crippen LogP contribution in [0.3, 0.4) is 0 Å². The summed E-state index contributed by atoms with van der Waals surface area (Å²) < 4.78 is 0. The predicted octanol–water partition coefficient (Wildman–Crippen LogP) is 2.18. The monoisotopic (exact) mass is 196 g/mol. The Bertz CT molecular complexity index is 162. The molecule has 2 heteroatoms. The fourth-order valence-electron chi connectivity index (χ4n) is 2.87. The predicted molar refractivity (Wildman–Crippen MR) is 60.3 cm³/mol. The molecule has 2 rings (SSSR count). The highest BCUT2D eigenvalue weighted by Gasteiger charge is 2.36. The Balaban J connectivity index is 1.82. The minimum absolute atomic E-state index is 0.342. The lowest BCUT2D eigenvalue weighted by Gasteiger charge is -2.44. The van der Waals surface area contributed by atoms with Gasteiger partial charge in [-0.05, 0) is 32.1 Å². The third kappa shape index (κ3) is 2.29. The van der Waals surface area contributed by atoms with Crippen LogP contribution in [0.5, 0.6) is 0 Å². The van der Waals surface area contributed by atoms with Gasteiger partial charge in [-0.1, -0.05) is 25.7 Å². The second-order valence-electron chi connectivity index (χ2n) is 5.17. The molecule has 0 aliphatic heterocycles. The molecule has 0 spiro atoms. The molecule has 0 unspecified atom stereocenters. The van der Waals surface area contributed by atoms with E-state index in [9.17, 15) is 0 Å². The molecular formula is C12H24N2. The lowest BCUT2D eigenvalue weighted by molar-refractivity contribution is 0.165. The van der Waals surface area contributed by atoms with Crippen molar-refractivity contribution in [2.75, 3.05) is 6.54 Å². The number of rotatable bonds is 3. The summed E-state index contributed by atoms with van der Waals surface area (Å²) in [4.78, 5) is 0. The van der Waals surface area contributed by atoms with Gasteiger partial charge >= 0.3 is 0 Å². The Hall–Kier alpha value is -0.0800. The molecule has 3 N–H and O–H groups in total. The van der Waals surface area contributed by atoms with Crippen LogP contribution >= 0.6 is 0 Å². The van der Waals surface area contributed by atoms with Gasteiger partial charge < -0.3 is 11.1 Å². The molecule has 0 atom stereocenters. The molecular weight excluding hydrogens is 172 g/mol. The van der Waals surface area contributed by atoms with Crippen LogP contribution in [0.2, 0.25) is 0 Å². The highest BCUT2D eigenvalue weighted by molar-refractivity contribution is 4.98. The summed E-state index contributed by atoms with van der Waals surface area (Å²) in [6.07, 6.45) is 12.4. The smallest absolute Gasteiger partial charge is 0.0306 e. The maximum absolute atomic E-state index is 5.86. The van der Waals surface area contributed by atoms with Gasteiger partial charge in [-0.3, -0.25) is 0 Å². The van der Waals surface area contributed by atoms with Gasteiger partial charge in [0.05, 0.1) is 0 Å². The van der Waals surface area contributed by atoms with Crippen molar-refractivity contribution in [2.45, 2.75) is 69.4 Å². The maximum Gasteiger partial charge on any atom is 0.0306 e. The van der Waals surface area contributed by atoms with E-state index in [4.69, 9.17) is 5.73 Å². The molecule has 0 aromatic rings. The summed E-state index contributed by atoms with van der Waals surface area (Å²) in [5.74, 6) is 0. The van der Waals surface area contributed by atoms with Crippen LogP contribution in [0.1, 0.15) is 57.8 Å². The minimum Gasteiger partial charge on any atom is -0.329 e. The van der Waals surface area contributed by atoms with E-state index in [1.54, 1.807) is 0 Å². The van der Waals surface area contributed by atoms with E-state index in [1.165, 1.54) is 57.8 Å². The molecule has 2 aliphatic carbocycles. The van der Waals surface area contributed by atoms with Crippen molar-refractivity contribution in [1.29, 1.82) is 0 Å². The second-order valence-corrected chi connectivity index (χ2v) is 5.17. The normalized spacial score (nSPS) is 28.1. The summed E-state index contributed by atoms with van der Waals surface area (Å²) in [5.41, 5.74) is 6.20. The summed E-state index contributed by atoms with van der Waals surface area (Å²) in [6, 6.07) is 0.765. The molecule has 0 bridgehead atoms. The Kier molecular flexibility index (Phi) is 3.45. The van der Waals surface area contributed by atoms with Crippen molar-refractivity contribution in [1.82, 2.24) is 5.32 Å². The van der Waals surface area contributed by atoms with Gasteiger partial charge in [0, 0.05) is 18.1 Å². The minimum atomic E-state index is 0.342. The highest BCUT2D eigenvalue weighted by atomic mass is 15.0. The topological polar surface area (TPSA) is 38.0 Å². The summed E-state index contributed by atoms with van der Waals surface area (Å²) in [6.45, 7) is 0.837. The van der Waals surface area contributed by atoms with Crippen LogP contribution < -0.4 is 11.1 Å². The van der Waals surface area contributed by atoms with Crippen LogP contribution in [0.15, 0.2) is 0 Å². The lowest BCUT2D eigenvalue weighted by atomic mass is 9.76. The van der Waals surface area contributed by atoms with E-state index < -0.39 is 0 Å². The zero-order valence-electron chi connectivity index (χ0n) is 9.23. The molecule has 0 heterocycles. The van der Waals surface area contributed by atoms with Crippen molar-refractivity contribution in [3.8, 4) is 0 Å². The Morgan fingerprint density at radius 1 is 1.00 bits per heavy atom. The van der Waals surface area contributed by atoms with E-state index in [0.717, 1.165) is 12.6 Å². The fraction of sp³-hybridized carbons (Fsp3) is 1.00. The van der Waals surface area contributed by atoms with Gasteiger partial charge in [-0.2, -0.15) is 0 Å². The first-order valence-corrected chi connectivity index (χ1v) is 6.32. The van der Waals surface area contributed by atoms with E-state index in [1.807, 2.05) is 0 Å².